The van der Waals surface area contributed by atoms with Gasteiger partial charge in [0.2, 0.25) is 0 Å². The van der Waals surface area contributed by atoms with Crippen molar-refractivity contribution >= 4 is 17.1 Å². The van der Waals surface area contributed by atoms with Crippen LogP contribution in [0, 0.1) is 13.8 Å². The maximum Gasteiger partial charge on any atom is 0.314 e. The smallest absolute Gasteiger partial charge is 0.314 e. The van der Waals surface area contributed by atoms with Crippen molar-refractivity contribution in [2.45, 2.75) is 58.4 Å². The van der Waals surface area contributed by atoms with E-state index in [4.69, 9.17) is 9.97 Å². The van der Waals surface area contributed by atoms with Gasteiger partial charge in [-0.05, 0) is 55.9 Å². The topological polar surface area (TPSA) is 68.0 Å². The van der Waals surface area contributed by atoms with Gasteiger partial charge in [0, 0.05) is 12.1 Å². The van der Waals surface area contributed by atoms with Crippen LogP contribution in [0.15, 0.2) is 42.5 Å². The highest BCUT2D eigenvalue weighted by molar-refractivity contribution is 5.82. The van der Waals surface area contributed by atoms with Gasteiger partial charge in [-0.1, -0.05) is 43.3 Å². The Bertz CT molecular complexity index is 1090. The zero-order valence-corrected chi connectivity index (χ0v) is 17.3. The van der Waals surface area contributed by atoms with Crippen molar-refractivity contribution < 1.29 is 9.90 Å². The Morgan fingerprint density at radius 2 is 1.83 bits per heavy atom. The van der Waals surface area contributed by atoms with E-state index in [9.17, 15) is 9.90 Å². The van der Waals surface area contributed by atoms with Crippen LogP contribution in [0.4, 0.5) is 0 Å². The minimum atomic E-state index is -0.816. The molecule has 5 nitrogen and oxygen atoms in total. The molecule has 0 bridgehead atoms. The number of carbonyl (C=O) groups is 1. The number of aromatic nitrogens is 3. The highest BCUT2D eigenvalue weighted by Crippen LogP contribution is 2.37. The number of fused-ring (bicyclic) bond motifs is 1. The van der Waals surface area contributed by atoms with E-state index in [2.05, 4.69) is 24.5 Å². The zero-order chi connectivity index (χ0) is 20.6. The Morgan fingerprint density at radius 3 is 2.45 bits per heavy atom. The number of pyridine rings is 1. The minimum absolute atomic E-state index is 0.553. The van der Waals surface area contributed by atoms with Crippen molar-refractivity contribution in [1.82, 2.24) is 14.5 Å². The second-order valence-electron chi connectivity index (χ2n) is 8.08. The molecule has 0 amide bonds. The van der Waals surface area contributed by atoms with E-state index in [1.807, 2.05) is 43.3 Å². The van der Waals surface area contributed by atoms with Crippen LogP contribution in [0.5, 0.6) is 0 Å². The molecule has 3 aromatic rings. The maximum absolute atomic E-state index is 11.9. The third-order valence-electron chi connectivity index (χ3n) is 5.93. The van der Waals surface area contributed by atoms with Gasteiger partial charge >= 0.3 is 5.97 Å². The molecule has 29 heavy (non-hydrogen) atoms. The zero-order valence-electron chi connectivity index (χ0n) is 17.3. The summed E-state index contributed by atoms with van der Waals surface area (Å²) in [5.74, 6) is 0.297. The quantitative estimate of drug-likeness (QED) is 0.619. The van der Waals surface area contributed by atoms with Crippen LogP contribution in [-0.4, -0.2) is 25.6 Å². The standard InChI is InChI=1S/C24H27N3O2/c1-4-7-20-26-21-16(2)14-17(3)25-22(21)27(20)15-18-8-10-19(11-9-18)24(23(28)29)12-5-6-13-24/h5-6,8-11,14H,4,7,12-13,15H2,1-3H3,(H,28,29). The molecule has 0 spiro atoms. The molecule has 0 saturated carbocycles. The van der Waals surface area contributed by atoms with E-state index < -0.39 is 11.4 Å². The van der Waals surface area contributed by atoms with Gasteiger partial charge in [-0.15, -0.1) is 0 Å². The SMILES string of the molecule is CCCc1nc2c(C)cc(C)nc2n1Cc1ccc(C2(C(=O)O)CC=CC2)cc1. The van der Waals surface area contributed by atoms with Crippen LogP contribution in [0.25, 0.3) is 11.2 Å². The minimum Gasteiger partial charge on any atom is -0.481 e. The molecule has 2 heterocycles. The van der Waals surface area contributed by atoms with Crippen molar-refractivity contribution in [3.05, 3.63) is 70.7 Å². The molecule has 0 radical (unpaired) electrons. The summed E-state index contributed by atoms with van der Waals surface area (Å²) in [5.41, 5.74) is 5.21. The first-order valence-electron chi connectivity index (χ1n) is 10.3. The molecule has 1 N–H and O–H groups in total. The molecule has 0 fully saturated rings. The fourth-order valence-corrected chi connectivity index (χ4v) is 4.33. The lowest BCUT2D eigenvalue weighted by Crippen LogP contribution is -2.32. The number of aryl methyl sites for hydroxylation is 3. The van der Waals surface area contributed by atoms with Crippen LogP contribution < -0.4 is 0 Å². The normalized spacial score (nSPS) is 15.3. The Kier molecular flexibility index (Phi) is 4.99. The summed E-state index contributed by atoms with van der Waals surface area (Å²) in [6.07, 6.45) is 6.96. The second-order valence-corrected chi connectivity index (χ2v) is 8.08. The van der Waals surface area contributed by atoms with Crippen LogP contribution in [0.1, 0.15) is 54.4 Å². The number of hydrogen-bond donors (Lipinski definition) is 1. The van der Waals surface area contributed by atoms with Crippen LogP contribution in [0.2, 0.25) is 0 Å². The summed E-state index contributed by atoms with van der Waals surface area (Å²) >= 11 is 0. The molecule has 4 rings (SSSR count). The number of rotatable bonds is 6. The number of hydrogen-bond acceptors (Lipinski definition) is 3. The number of carboxylic acids is 1. The van der Waals surface area contributed by atoms with Crippen LogP contribution in [-0.2, 0) is 23.2 Å². The Balaban J connectivity index is 1.70. The van der Waals surface area contributed by atoms with Crippen molar-refractivity contribution in [2.24, 2.45) is 0 Å². The monoisotopic (exact) mass is 389 g/mol. The van der Waals surface area contributed by atoms with E-state index in [-0.39, 0.29) is 0 Å². The highest BCUT2D eigenvalue weighted by atomic mass is 16.4. The summed E-state index contributed by atoms with van der Waals surface area (Å²) in [6, 6.07) is 10.1. The molecule has 0 unspecified atom stereocenters. The van der Waals surface area contributed by atoms with Gasteiger partial charge in [0.05, 0.1) is 12.0 Å². The van der Waals surface area contributed by atoms with E-state index in [0.717, 1.165) is 52.2 Å². The average molecular weight is 389 g/mol. The maximum atomic E-state index is 11.9. The molecule has 1 aromatic carbocycles. The predicted molar refractivity (Wildman–Crippen MR) is 114 cm³/mol. The first-order valence-corrected chi connectivity index (χ1v) is 10.3. The third-order valence-corrected chi connectivity index (χ3v) is 5.93. The summed E-state index contributed by atoms with van der Waals surface area (Å²) < 4.78 is 2.21. The van der Waals surface area contributed by atoms with Gasteiger partial charge in [0.15, 0.2) is 5.65 Å². The lowest BCUT2D eigenvalue weighted by molar-refractivity contribution is -0.143. The second kappa shape index (κ2) is 7.47. The van der Waals surface area contributed by atoms with Crippen molar-refractivity contribution in [3.63, 3.8) is 0 Å². The van der Waals surface area contributed by atoms with Gasteiger partial charge < -0.3 is 9.67 Å². The van der Waals surface area contributed by atoms with E-state index in [1.165, 1.54) is 0 Å². The Morgan fingerprint density at radius 1 is 1.14 bits per heavy atom. The molecule has 2 aromatic heterocycles. The molecule has 1 aliphatic carbocycles. The fourth-order valence-electron chi connectivity index (χ4n) is 4.33. The van der Waals surface area contributed by atoms with E-state index >= 15 is 0 Å². The van der Waals surface area contributed by atoms with Gasteiger partial charge in [0.1, 0.15) is 11.3 Å². The molecule has 0 atom stereocenters. The van der Waals surface area contributed by atoms with Gasteiger partial charge in [0.25, 0.3) is 0 Å². The molecule has 5 heteroatoms. The lowest BCUT2D eigenvalue weighted by Gasteiger charge is -2.24. The van der Waals surface area contributed by atoms with E-state index in [0.29, 0.717) is 19.4 Å². The largest absolute Gasteiger partial charge is 0.481 e. The number of imidazole rings is 1. The molecule has 150 valence electrons. The Hall–Kier alpha value is -2.95. The van der Waals surface area contributed by atoms with E-state index in [1.54, 1.807) is 0 Å². The van der Waals surface area contributed by atoms with Crippen molar-refractivity contribution in [2.75, 3.05) is 0 Å². The lowest BCUT2D eigenvalue weighted by atomic mass is 9.78. The predicted octanol–water partition coefficient (Wildman–Crippen LogP) is 4.72. The van der Waals surface area contributed by atoms with Gasteiger partial charge in [-0.2, -0.15) is 0 Å². The molecule has 0 saturated heterocycles. The summed E-state index contributed by atoms with van der Waals surface area (Å²) in [4.78, 5) is 21.6. The van der Waals surface area contributed by atoms with Crippen LogP contribution >= 0.6 is 0 Å². The van der Waals surface area contributed by atoms with Crippen LogP contribution in [0.3, 0.4) is 0 Å². The van der Waals surface area contributed by atoms with Crippen molar-refractivity contribution in [3.8, 4) is 0 Å². The number of carboxylic acid groups (broad SMARTS) is 1. The van der Waals surface area contributed by atoms with Crippen molar-refractivity contribution in [1.29, 1.82) is 0 Å². The number of allylic oxidation sites excluding steroid dienone is 2. The molecule has 1 aliphatic rings. The summed E-state index contributed by atoms with van der Waals surface area (Å²) in [7, 11) is 0. The van der Waals surface area contributed by atoms with Gasteiger partial charge in [-0.25, -0.2) is 9.97 Å². The molecule has 0 aliphatic heterocycles. The van der Waals surface area contributed by atoms with Gasteiger partial charge in [-0.3, -0.25) is 4.79 Å². The molecular weight excluding hydrogens is 362 g/mol. The Labute approximate surface area is 171 Å². The first-order chi connectivity index (χ1) is 13.9. The third kappa shape index (κ3) is 3.35. The first kappa shape index (κ1) is 19.4. The summed E-state index contributed by atoms with van der Waals surface area (Å²) in [6.45, 7) is 6.93. The fraction of sp³-hybridized carbons (Fsp3) is 0.375. The number of aliphatic carboxylic acids is 1. The highest BCUT2D eigenvalue weighted by Gasteiger charge is 2.40. The molecular formula is C24H27N3O2. The average Bonchev–Trinajstić information content (AvgIpc) is 3.30. The number of nitrogens with zero attached hydrogens (tertiary/aromatic N) is 3. The summed E-state index contributed by atoms with van der Waals surface area (Å²) in [5, 5.41) is 9.80. The number of benzene rings is 1.